The molecular weight excluding hydrogens is 247 g/mol. The van der Waals surface area contributed by atoms with Crippen molar-refractivity contribution in [3.63, 3.8) is 0 Å². The van der Waals surface area contributed by atoms with Crippen LogP contribution < -0.4 is 5.01 Å². The molecule has 19 heavy (non-hydrogen) atoms. The van der Waals surface area contributed by atoms with Gasteiger partial charge < -0.3 is 0 Å². The highest BCUT2D eigenvalue weighted by atomic mass is 19.1. The van der Waals surface area contributed by atoms with Crippen LogP contribution in [0.25, 0.3) is 0 Å². The number of halogens is 1. The van der Waals surface area contributed by atoms with E-state index in [9.17, 15) is 14.1 Å². The van der Waals surface area contributed by atoms with Crippen molar-refractivity contribution in [1.29, 1.82) is 0 Å². The molecule has 5 heteroatoms. The van der Waals surface area contributed by atoms with Gasteiger partial charge in [0.1, 0.15) is 5.82 Å². The van der Waals surface area contributed by atoms with Crippen molar-refractivity contribution in [2.24, 2.45) is 5.29 Å². The Balaban J connectivity index is 2.52. The number of nitrogens with zero attached hydrogens (tertiary/aromatic N) is 2. The first-order valence-electron chi connectivity index (χ1n) is 5.60. The summed E-state index contributed by atoms with van der Waals surface area (Å²) < 4.78 is 13.3. The molecule has 2 aromatic carbocycles. The summed E-state index contributed by atoms with van der Waals surface area (Å²) in [5.74, 6) is -0.895. The summed E-state index contributed by atoms with van der Waals surface area (Å²) in [5.41, 5.74) is 0.798. The van der Waals surface area contributed by atoms with E-state index in [-0.39, 0.29) is 17.0 Å². The van der Waals surface area contributed by atoms with Crippen LogP contribution in [0.4, 0.5) is 10.1 Å². The maximum Gasteiger partial charge on any atom is 0.195 e. The highest BCUT2D eigenvalue weighted by Gasteiger charge is 2.17. The van der Waals surface area contributed by atoms with E-state index in [1.54, 1.807) is 30.3 Å². The number of rotatable bonds is 4. The van der Waals surface area contributed by atoms with Gasteiger partial charge in [-0.2, -0.15) is 0 Å². The van der Waals surface area contributed by atoms with Crippen molar-refractivity contribution in [2.75, 3.05) is 12.1 Å². The van der Waals surface area contributed by atoms with Crippen LogP contribution in [0.3, 0.4) is 0 Å². The molecule has 96 valence electrons. The smallest absolute Gasteiger partial charge is 0.195 e. The minimum atomic E-state index is -0.540. The lowest BCUT2D eigenvalue weighted by Crippen LogP contribution is -2.13. The molecule has 0 saturated heterocycles. The summed E-state index contributed by atoms with van der Waals surface area (Å²) in [6.07, 6.45) is 0. The van der Waals surface area contributed by atoms with Crippen LogP contribution >= 0.6 is 0 Å². The molecular formula is C14H11FN2O2. The second-order valence-electron chi connectivity index (χ2n) is 3.96. The topological polar surface area (TPSA) is 49.7 Å². The maximum absolute atomic E-state index is 13.3. The second-order valence-corrected chi connectivity index (χ2v) is 3.96. The minimum absolute atomic E-state index is 0.105. The van der Waals surface area contributed by atoms with Gasteiger partial charge in [-0.25, -0.2) is 9.40 Å². The molecule has 4 nitrogen and oxygen atoms in total. The van der Waals surface area contributed by atoms with Crippen molar-refractivity contribution in [3.05, 3.63) is 70.4 Å². The molecule has 0 unspecified atom stereocenters. The molecule has 0 fully saturated rings. The molecule has 0 atom stereocenters. The first-order valence-corrected chi connectivity index (χ1v) is 5.60. The fourth-order valence-electron chi connectivity index (χ4n) is 1.76. The lowest BCUT2D eigenvalue weighted by molar-refractivity contribution is 0.103. The first kappa shape index (κ1) is 12.9. The number of anilines is 1. The predicted molar refractivity (Wildman–Crippen MR) is 70.5 cm³/mol. The van der Waals surface area contributed by atoms with E-state index in [1.807, 2.05) is 0 Å². The normalized spacial score (nSPS) is 10.0. The van der Waals surface area contributed by atoms with Crippen LogP contribution in [0.15, 0.2) is 53.8 Å². The highest BCUT2D eigenvalue weighted by molar-refractivity contribution is 6.12. The van der Waals surface area contributed by atoms with E-state index in [4.69, 9.17) is 0 Å². The summed E-state index contributed by atoms with van der Waals surface area (Å²) in [5, 5.41) is 3.73. The summed E-state index contributed by atoms with van der Waals surface area (Å²) in [4.78, 5) is 22.9. The number of carbonyl (C=O) groups excluding carboxylic acids is 1. The molecule has 0 heterocycles. The quantitative estimate of drug-likeness (QED) is 0.481. The average molecular weight is 258 g/mol. The van der Waals surface area contributed by atoms with E-state index in [1.165, 1.54) is 19.2 Å². The molecule has 0 spiro atoms. The van der Waals surface area contributed by atoms with Crippen molar-refractivity contribution in [1.82, 2.24) is 0 Å². The van der Waals surface area contributed by atoms with Gasteiger partial charge in [0, 0.05) is 12.6 Å². The van der Waals surface area contributed by atoms with Crippen LogP contribution in [0.1, 0.15) is 15.9 Å². The third-order valence-electron chi connectivity index (χ3n) is 2.71. The second kappa shape index (κ2) is 5.39. The van der Waals surface area contributed by atoms with Gasteiger partial charge in [-0.3, -0.25) is 4.79 Å². The molecule has 0 bridgehead atoms. The summed E-state index contributed by atoms with van der Waals surface area (Å²) in [6.45, 7) is 0. The fourth-order valence-corrected chi connectivity index (χ4v) is 1.76. The Kier molecular flexibility index (Phi) is 3.66. The van der Waals surface area contributed by atoms with Crippen LogP contribution in [0, 0.1) is 10.7 Å². The predicted octanol–water partition coefficient (Wildman–Crippen LogP) is 3.17. The number of ketones is 1. The van der Waals surface area contributed by atoms with Gasteiger partial charge in [0.25, 0.3) is 0 Å². The Morgan fingerprint density at radius 1 is 1.16 bits per heavy atom. The third-order valence-corrected chi connectivity index (χ3v) is 2.71. The van der Waals surface area contributed by atoms with Crippen LogP contribution in [0.5, 0.6) is 0 Å². The van der Waals surface area contributed by atoms with E-state index in [0.29, 0.717) is 5.56 Å². The standard InChI is InChI=1S/C14H11FN2O2/c1-17(16-19)13-8-7-11(15)9-12(13)14(18)10-5-3-2-4-6-10/h2-9H,1H3. The Labute approximate surface area is 109 Å². The van der Waals surface area contributed by atoms with Gasteiger partial charge in [0.05, 0.1) is 16.5 Å². The summed E-state index contributed by atoms with van der Waals surface area (Å²) in [7, 11) is 1.40. The summed E-state index contributed by atoms with van der Waals surface area (Å²) >= 11 is 0. The Bertz CT molecular complexity index is 614. The number of hydrogen-bond donors (Lipinski definition) is 0. The number of carbonyl (C=O) groups is 1. The monoisotopic (exact) mass is 258 g/mol. The molecule has 2 rings (SSSR count). The van der Waals surface area contributed by atoms with E-state index >= 15 is 0 Å². The zero-order valence-corrected chi connectivity index (χ0v) is 10.2. The van der Waals surface area contributed by atoms with Gasteiger partial charge in [-0.15, -0.1) is 4.91 Å². The van der Waals surface area contributed by atoms with Gasteiger partial charge in [-0.05, 0) is 18.2 Å². The Morgan fingerprint density at radius 3 is 2.47 bits per heavy atom. The minimum Gasteiger partial charge on any atom is -0.289 e. The maximum atomic E-state index is 13.3. The van der Waals surface area contributed by atoms with Crippen LogP contribution in [0.2, 0.25) is 0 Å². The van der Waals surface area contributed by atoms with Gasteiger partial charge in [0.2, 0.25) is 0 Å². The van der Waals surface area contributed by atoms with Crippen LogP contribution in [-0.4, -0.2) is 12.8 Å². The molecule has 0 aromatic heterocycles. The van der Waals surface area contributed by atoms with Crippen LogP contribution in [-0.2, 0) is 0 Å². The highest BCUT2D eigenvalue weighted by Crippen LogP contribution is 2.23. The molecule has 0 aliphatic carbocycles. The lowest BCUT2D eigenvalue weighted by atomic mass is 10.0. The van der Waals surface area contributed by atoms with Gasteiger partial charge in [-0.1, -0.05) is 30.3 Å². The number of benzene rings is 2. The average Bonchev–Trinajstić information content (AvgIpc) is 2.46. The number of hydrogen-bond acceptors (Lipinski definition) is 3. The van der Waals surface area contributed by atoms with Crippen molar-refractivity contribution >= 4 is 11.5 Å². The number of nitroso groups, excluding NO2 is 1. The van der Waals surface area contributed by atoms with Crippen molar-refractivity contribution in [2.45, 2.75) is 0 Å². The largest absolute Gasteiger partial charge is 0.289 e. The zero-order chi connectivity index (χ0) is 13.8. The molecule has 0 amide bonds. The van der Waals surface area contributed by atoms with E-state index < -0.39 is 5.82 Å². The molecule has 0 saturated carbocycles. The van der Waals surface area contributed by atoms with Crippen molar-refractivity contribution in [3.8, 4) is 0 Å². The molecule has 2 aromatic rings. The SMILES string of the molecule is CN(N=O)c1ccc(F)cc1C(=O)c1ccccc1. The van der Waals surface area contributed by atoms with Crippen molar-refractivity contribution < 1.29 is 9.18 Å². The van der Waals surface area contributed by atoms with Gasteiger partial charge in [0.15, 0.2) is 5.78 Å². The molecule has 0 aliphatic heterocycles. The fraction of sp³-hybridized carbons (Fsp3) is 0.0714. The zero-order valence-electron chi connectivity index (χ0n) is 10.2. The lowest BCUT2D eigenvalue weighted by Gasteiger charge is -2.13. The molecule has 0 N–H and O–H groups in total. The third kappa shape index (κ3) is 2.65. The molecule has 0 aliphatic rings. The molecule has 0 radical (unpaired) electrons. The van der Waals surface area contributed by atoms with Gasteiger partial charge >= 0.3 is 0 Å². The summed E-state index contributed by atoms with van der Waals surface area (Å²) in [6, 6.07) is 12.1. The van der Waals surface area contributed by atoms with E-state index in [0.717, 1.165) is 11.1 Å². The Morgan fingerprint density at radius 2 is 1.84 bits per heavy atom. The first-order chi connectivity index (χ1) is 9.13. The van der Waals surface area contributed by atoms with E-state index in [2.05, 4.69) is 5.29 Å². The Hall–Kier alpha value is -2.56.